The van der Waals surface area contributed by atoms with Crippen molar-refractivity contribution in [3.8, 4) is 0 Å². The molecule has 0 N–H and O–H groups in total. The van der Waals surface area contributed by atoms with Crippen molar-refractivity contribution in [2.45, 2.75) is 19.0 Å². The first-order valence-electron chi connectivity index (χ1n) is 8.68. The second-order valence-electron chi connectivity index (χ2n) is 6.39. The molecule has 0 saturated carbocycles. The number of furan rings is 1. The fourth-order valence-electron chi connectivity index (χ4n) is 3.55. The smallest absolute Gasteiger partial charge is 0.289 e. The van der Waals surface area contributed by atoms with Gasteiger partial charge in [0, 0.05) is 39.1 Å². The predicted octanol–water partition coefficient (Wildman–Crippen LogP) is 2.91. The van der Waals surface area contributed by atoms with Crippen molar-refractivity contribution in [2.75, 3.05) is 20.3 Å². The number of ether oxygens (including phenoxy) is 1. The summed E-state index contributed by atoms with van der Waals surface area (Å²) in [5, 5.41) is 0. The van der Waals surface area contributed by atoms with Crippen LogP contribution in [-0.2, 0) is 17.8 Å². The molecule has 26 heavy (non-hydrogen) atoms. The average Bonchev–Trinajstić information content (AvgIpc) is 3.36. The van der Waals surface area contributed by atoms with Gasteiger partial charge in [0.05, 0.1) is 18.8 Å². The van der Waals surface area contributed by atoms with Crippen LogP contribution in [0.4, 0.5) is 0 Å². The van der Waals surface area contributed by atoms with E-state index in [1.807, 2.05) is 23.2 Å². The van der Waals surface area contributed by atoms with Gasteiger partial charge in [-0.1, -0.05) is 24.3 Å². The topological polar surface area (TPSA) is 60.5 Å². The Morgan fingerprint density at radius 3 is 3.00 bits per heavy atom. The van der Waals surface area contributed by atoms with E-state index >= 15 is 0 Å². The van der Waals surface area contributed by atoms with Gasteiger partial charge in [-0.25, -0.2) is 4.98 Å². The highest BCUT2D eigenvalue weighted by Gasteiger charge is 2.32. The highest BCUT2D eigenvalue weighted by molar-refractivity contribution is 5.91. The number of hydrogen-bond acceptors (Lipinski definition) is 4. The molecule has 2 aromatic heterocycles. The average molecular weight is 351 g/mol. The molecule has 4 rings (SSSR count). The van der Waals surface area contributed by atoms with Gasteiger partial charge >= 0.3 is 0 Å². The number of amides is 1. The second kappa shape index (κ2) is 7.17. The highest BCUT2D eigenvalue weighted by Crippen LogP contribution is 2.33. The van der Waals surface area contributed by atoms with Crippen molar-refractivity contribution in [1.82, 2.24) is 14.5 Å². The van der Waals surface area contributed by atoms with E-state index in [1.165, 1.54) is 11.8 Å². The third-order valence-electron chi connectivity index (χ3n) is 4.81. The van der Waals surface area contributed by atoms with Crippen LogP contribution in [0.2, 0.25) is 0 Å². The van der Waals surface area contributed by atoms with Gasteiger partial charge in [0.15, 0.2) is 5.76 Å². The van der Waals surface area contributed by atoms with Gasteiger partial charge in [-0.3, -0.25) is 4.79 Å². The van der Waals surface area contributed by atoms with E-state index in [2.05, 4.69) is 21.7 Å². The number of benzene rings is 1. The van der Waals surface area contributed by atoms with Gasteiger partial charge < -0.3 is 18.6 Å². The van der Waals surface area contributed by atoms with Crippen LogP contribution in [0.25, 0.3) is 0 Å². The van der Waals surface area contributed by atoms with Gasteiger partial charge in [-0.15, -0.1) is 0 Å². The summed E-state index contributed by atoms with van der Waals surface area (Å²) < 4.78 is 12.6. The lowest BCUT2D eigenvalue weighted by Gasteiger charge is -2.34. The monoisotopic (exact) mass is 351 g/mol. The van der Waals surface area contributed by atoms with E-state index in [0.29, 0.717) is 25.5 Å². The molecule has 0 fully saturated rings. The number of nitrogens with zero attached hydrogens (tertiary/aromatic N) is 3. The number of rotatable bonds is 5. The molecule has 1 aromatic carbocycles. The number of aromatic nitrogens is 2. The summed E-state index contributed by atoms with van der Waals surface area (Å²) in [5.74, 6) is 1.24. The maximum Gasteiger partial charge on any atom is 0.289 e. The largest absolute Gasteiger partial charge is 0.459 e. The van der Waals surface area contributed by atoms with Gasteiger partial charge in [-0.2, -0.15) is 0 Å². The van der Waals surface area contributed by atoms with Crippen LogP contribution in [0.3, 0.4) is 0 Å². The maximum atomic E-state index is 12.8. The molecule has 3 heterocycles. The minimum Gasteiger partial charge on any atom is -0.459 e. The molecule has 0 radical (unpaired) electrons. The molecule has 0 saturated heterocycles. The standard InChI is InChI=1S/C20H21N3O3/c1-25-12-10-22-9-8-21-19(22)17-14-23(20(24)18-7-4-11-26-18)13-15-5-2-3-6-16(15)17/h2-9,11,17H,10,12-14H2,1H3/t17-/m1/s1. The fraction of sp³-hybridized carbons (Fsp3) is 0.300. The number of methoxy groups -OCH3 is 1. The molecule has 3 aromatic rings. The minimum absolute atomic E-state index is 0.0192. The molecule has 0 spiro atoms. The van der Waals surface area contributed by atoms with E-state index in [0.717, 1.165) is 17.9 Å². The Morgan fingerprint density at radius 2 is 2.19 bits per heavy atom. The Morgan fingerprint density at radius 1 is 1.31 bits per heavy atom. The predicted molar refractivity (Wildman–Crippen MR) is 95.8 cm³/mol. The lowest BCUT2D eigenvalue weighted by molar-refractivity contribution is 0.0690. The Kier molecular flexibility index (Phi) is 4.58. The molecular weight excluding hydrogens is 330 g/mol. The van der Waals surface area contributed by atoms with Crippen LogP contribution >= 0.6 is 0 Å². The first kappa shape index (κ1) is 16.6. The minimum atomic E-state index is -0.0931. The van der Waals surface area contributed by atoms with Crippen LogP contribution in [0.5, 0.6) is 0 Å². The molecule has 0 bridgehead atoms. The zero-order chi connectivity index (χ0) is 17.9. The van der Waals surface area contributed by atoms with E-state index in [9.17, 15) is 4.79 Å². The summed E-state index contributed by atoms with van der Waals surface area (Å²) in [7, 11) is 1.69. The molecule has 1 amide bonds. The van der Waals surface area contributed by atoms with E-state index in [1.54, 1.807) is 25.4 Å². The van der Waals surface area contributed by atoms with Crippen molar-refractivity contribution in [2.24, 2.45) is 0 Å². The van der Waals surface area contributed by atoms with Crippen LogP contribution in [0, 0.1) is 0 Å². The summed E-state index contributed by atoms with van der Waals surface area (Å²) in [6.45, 7) is 2.49. The van der Waals surface area contributed by atoms with E-state index < -0.39 is 0 Å². The summed E-state index contributed by atoms with van der Waals surface area (Å²) in [6.07, 6.45) is 5.30. The number of hydrogen-bond donors (Lipinski definition) is 0. The number of carbonyl (C=O) groups excluding carboxylic acids is 1. The van der Waals surface area contributed by atoms with Gasteiger partial charge in [-0.05, 0) is 23.3 Å². The molecule has 134 valence electrons. The first-order valence-corrected chi connectivity index (χ1v) is 8.68. The van der Waals surface area contributed by atoms with Crippen LogP contribution < -0.4 is 0 Å². The van der Waals surface area contributed by atoms with Crippen LogP contribution in [0.15, 0.2) is 59.5 Å². The number of fused-ring (bicyclic) bond motifs is 1. The molecular formula is C20H21N3O3. The lowest BCUT2D eigenvalue weighted by atomic mass is 9.89. The normalized spacial score (nSPS) is 16.5. The van der Waals surface area contributed by atoms with Crippen molar-refractivity contribution in [3.05, 3.63) is 77.8 Å². The van der Waals surface area contributed by atoms with Crippen molar-refractivity contribution >= 4 is 5.91 Å². The van der Waals surface area contributed by atoms with Gasteiger partial charge in [0.2, 0.25) is 0 Å². The maximum absolute atomic E-state index is 12.8. The lowest BCUT2D eigenvalue weighted by Crippen LogP contribution is -2.39. The van der Waals surface area contributed by atoms with E-state index in [4.69, 9.17) is 9.15 Å². The Bertz CT molecular complexity index is 885. The number of imidazole rings is 1. The molecule has 1 aliphatic rings. The Hall–Kier alpha value is -2.86. The third-order valence-corrected chi connectivity index (χ3v) is 4.81. The Labute approximate surface area is 152 Å². The van der Waals surface area contributed by atoms with Crippen molar-refractivity contribution in [1.29, 1.82) is 0 Å². The molecule has 6 heteroatoms. The highest BCUT2D eigenvalue weighted by atomic mass is 16.5. The third kappa shape index (κ3) is 3.04. The quantitative estimate of drug-likeness (QED) is 0.709. The molecule has 6 nitrogen and oxygen atoms in total. The number of carbonyl (C=O) groups is 1. The van der Waals surface area contributed by atoms with Crippen LogP contribution in [-0.4, -0.2) is 40.6 Å². The SMILES string of the molecule is COCCn1ccnc1[C@@H]1CN(C(=O)c2ccco2)Cc2ccccc21. The zero-order valence-electron chi connectivity index (χ0n) is 14.7. The Balaban J connectivity index is 1.69. The van der Waals surface area contributed by atoms with E-state index in [-0.39, 0.29) is 11.8 Å². The first-order chi connectivity index (χ1) is 12.8. The second-order valence-corrected chi connectivity index (χ2v) is 6.39. The molecule has 1 atom stereocenters. The summed E-state index contributed by atoms with van der Waals surface area (Å²) in [4.78, 5) is 19.3. The zero-order valence-corrected chi connectivity index (χ0v) is 14.7. The van der Waals surface area contributed by atoms with Gasteiger partial charge in [0.1, 0.15) is 5.82 Å². The fourth-order valence-corrected chi connectivity index (χ4v) is 3.55. The molecule has 0 aliphatic carbocycles. The van der Waals surface area contributed by atoms with Crippen molar-refractivity contribution < 1.29 is 13.9 Å². The summed E-state index contributed by atoms with van der Waals surface area (Å²) in [5.41, 5.74) is 2.37. The molecule has 0 unspecified atom stereocenters. The summed E-state index contributed by atoms with van der Waals surface area (Å²) >= 11 is 0. The molecule has 1 aliphatic heterocycles. The summed E-state index contributed by atoms with van der Waals surface area (Å²) in [6, 6.07) is 11.7. The van der Waals surface area contributed by atoms with Gasteiger partial charge in [0.25, 0.3) is 5.91 Å². The van der Waals surface area contributed by atoms with Crippen molar-refractivity contribution in [3.63, 3.8) is 0 Å². The van der Waals surface area contributed by atoms with Crippen LogP contribution in [0.1, 0.15) is 33.4 Å².